The maximum atomic E-state index is 13.0. The first-order valence-electron chi connectivity index (χ1n) is 5.64. The van der Waals surface area contributed by atoms with E-state index in [9.17, 15) is 4.39 Å². The van der Waals surface area contributed by atoms with Gasteiger partial charge in [-0.3, -0.25) is 0 Å². The van der Waals surface area contributed by atoms with Crippen molar-refractivity contribution < 1.29 is 4.39 Å². The molecule has 0 aliphatic rings. The quantitative estimate of drug-likeness (QED) is 0.832. The van der Waals surface area contributed by atoms with E-state index in [0.717, 1.165) is 18.4 Å². The summed E-state index contributed by atoms with van der Waals surface area (Å²) in [5.74, 6) is 0.214. The van der Waals surface area contributed by atoms with Crippen LogP contribution in [0.5, 0.6) is 0 Å². The van der Waals surface area contributed by atoms with Crippen LogP contribution in [0.1, 0.15) is 25.8 Å². The molecule has 1 aromatic carbocycles. The fraction of sp³-hybridized carbons (Fsp3) is 0.538. The van der Waals surface area contributed by atoms with Gasteiger partial charge in [0.15, 0.2) is 0 Å². The van der Waals surface area contributed by atoms with Gasteiger partial charge in [0.1, 0.15) is 5.82 Å². The van der Waals surface area contributed by atoms with Crippen LogP contribution in [0.4, 0.5) is 4.39 Å². The second kappa shape index (κ2) is 6.21. The monoisotopic (exact) mass is 243 g/mol. The Bertz CT molecular complexity index is 341. The third-order valence-electron chi connectivity index (χ3n) is 2.82. The fourth-order valence-electron chi connectivity index (χ4n) is 1.87. The Morgan fingerprint density at radius 3 is 2.62 bits per heavy atom. The van der Waals surface area contributed by atoms with Crippen molar-refractivity contribution in [1.82, 2.24) is 5.32 Å². The highest BCUT2D eigenvalue weighted by atomic mass is 35.5. The van der Waals surface area contributed by atoms with E-state index in [1.807, 2.05) is 13.1 Å². The third kappa shape index (κ3) is 4.11. The Labute approximate surface area is 102 Å². The summed E-state index contributed by atoms with van der Waals surface area (Å²) in [6, 6.07) is 5.47. The zero-order valence-corrected chi connectivity index (χ0v) is 10.8. The molecule has 2 atom stereocenters. The minimum absolute atomic E-state index is 0.214. The van der Waals surface area contributed by atoms with E-state index in [1.54, 1.807) is 6.07 Å². The van der Waals surface area contributed by atoms with E-state index >= 15 is 0 Å². The van der Waals surface area contributed by atoms with Crippen LogP contribution in [0.3, 0.4) is 0 Å². The number of nitrogens with one attached hydrogen (secondary N) is 1. The van der Waals surface area contributed by atoms with E-state index in [4.69, 9.17) is 11.6 Å². The highest BCUT2D eigenvalue weighted by Crippen LogP contribution is 2.19. The van der Waals surface area contributed by atoms with E-state index in [-0.39, 0.29) is 10.8 Å². The first-order valence-corrected chi connectivity index (χ1v) is 6.02. The highest BCUT2D eigenvalue weighted by molar-refractivity contribution is 6.30. The summed E-state index contributed by atoms with van der Waals surface area (Å²) >= 11 is 5.74. The summed E-state index contributed by atoms with van der Waals surface area (Å²) in [6.07, 6.45) is 2.04. The van der Waals surface area contributed by atoms with Crippen LogP contribution in [0, 0.1) is 11.7 Å². The molecule has 0 fully saturated rings. The lowest BCUT2D eigenvalue weighted by molar-refractivity contribution is 0.440. The van der Waals surface area contributed by atoms with Gasteiger partial charge in [-0.1, -0.05) is 24.6 Å². The number of hydrogen-bond donors (Lipinski definition) is 1. The van der Waals surface area contributed by atoms with E-state index < -0.39 is 0 Å². The Hall–Kier alpha value is -0.600. The lowest BCUT2D eigenvalue weighted by Crippen LogP contribution is -2.24. The number of halogens is 2. The third-order valence-corrected chi connectivity index (χ3v) is 3.11. The summed E-state index contributed by atoms with van der Waals surface area (Å²) in [5.41, 5.74) is 1.10. The smallest absolute Gasteiger partial charge is 0.141 e. The molecule has 1 rings (SSSR count). The zero-order valence-electron chi connectivity index (χ0n) is 10.1. The summed E-state index contributed by atoms with van der Waals surface area (Å²) in [5, 5.41) is 3.43. The molecule has 0 saturated carbocycles. The van der Waals surface area contributed by atoms with Crippen molar-refractivity contribution in [2.45, 2.75) is 32.7 Å². The summed E-state index contributed by atoms with van der Waals surface area (Å²) in [6.45, 7) is 4.36. The minimum atomic E-state index is -0.346. The Morgan fingerprint density at radius 1 is 1.38 bits per heavy atom. The second-order valence-electron chi connectivity index (χ2n) is 4.48. The summed E-state index contributed by atoms with van der Waals surface area (Å²) in [7, 11) is 1.96. The van der Waals surface area contributed by atoms with Gasteiger partial charge in [-0.05, 0) is 50.4 Å². The number of hydrogen-bond acceptors (Lipinski definition) is 1. The average Bonchev–Trinajstić information content (AvgIpc) is 2.23. The van der Waals surface area contributed by atoms with Crippen LogP contribution < -0.4 is 5.32 Å². The van der Waals surface area contributed by atoms with Gasteiger partial charge in [-0.2, -0.15) is 0 Å². The van der Waals surface area contributed by atoms with Crippen molar-refractivity contribution in [1.29, 1.82) is 0 Å². The normalized spacial score (nSPS) is 14.8. The van der Waals surface area contributed by atoms with Crippen molar-refractivity contribution in [3.63, 3.8) is 0 Å². The Morgan fingerprint density at radius 2 is 2.06 bits per heavy atom. The molecular formula is C13H19ClFN. The van der Waals surface area contributed by atoms with Gasteiger partial charge in [-0.15, -0.1) is 0 Å². The van der Waals surface area contributed by atoms with Gasteiger partial charge < -0.3 is 5.32 Å². The van der Waals surface area contributed by atoms with Crippen LogP contribution in [0.2, 0.25) is 5.02 Å². The van der Waals surface area contributed by atoms with E-state index in [0.29, 0.717) is 12.0 Å². The topological polar surface area (TPSA) is 12.0 Å². The highest BCUT2D eigenvalue weighted by Gasteiger charge is 2.09. The number of benzene rings is 1. The molecule has 0 aliphatic heterocycles. The first kappa shape index (κ1) is 13.5. The van der Waals surface area contributed by atoms with Crippen molar-refractivity contribution >= 4 is 11.6 Å². The lowest BCUT2D eigenvalue weighted by atomic mass is 9.95. The summed E-state index contributed by atoms with van der Waals surface area (Å²) in [4.78, 5) is 0. The van der Waals surface area contributed by atoms with Crippen molar-refractivity contribution in [2.24, 2.45) is 5.92 Å². The predicted molar refractivity (Wildman–Crippen MR) is 67.4 cm³/mol. The molecule has 90 valence electrons. The van der Waals surface area contributed by atoms with Crippen molar-refractivity contribution in [3.05, 3.63) is 34.6 Å². The second-order valence-corrected chi connectivity index (χ2v) is 4.89. The molecule has 1 nitrogen and oxygen atoms in total. The van der Waals surface area contributed by atoms with E-state index in [2.05, 4.69) is 19.2 Å². The molecule has 0 bridgehead atoms. The van der Waals surface area contributed by atoms with Crippen molar-refractivity contribution in [3.8, 4) is 0 Å². The molecule has 0 spiro atoms. The van der Waals surface area contributed by atoms with Crippen LogP contribution in [-0.2, 0) is 6.42 Å². The van der Waals surface area contributed by atoms with Gasteiger partial charge in [0.25, 0.3) is 0 Å². The molecule has 16 heavy (non-hydrogen) atoms. The Balaban J connectivity index is 2.56. The van der Waals surface area contributed by atoms with Crippen LogP contribution in [0.25, 0.3) is 0 Å². The molecule has 1 aromatic rings. The molecular weight excluding hydrogens is 225 g/mol. The maximum absolute atomic E-state index is 13.0. The first-order chi connectivity index (χ1) is 7.52. The van der Waals surface area contributed by atoms with Crippen LogP contribution >= 0.6 is 11.6 Å². The van der Waals surface area contributed by atoms with Crippen LogP contribution in [-0.4, -0.2) is 13.1 Å². The Kier molecular flexibility index (Phi) is 5.23. The zero-order chi connectivity index (χ0) is 12.1. The fourth-order valence-corrected chi connectivity index (χ4v) is 2.08. The van der Waals surface area contributed by atoms with Gasteiger partial charge in [0.2, 0.25) is 0 Å². The van der Waals surface area contributed by atoms with E-state index in [1.165, 1.54) is 6.07 Å². The largest absolute Gasteiger partial charge is 0.317 e. The molecule has 0 saturated heterocycles. The van der Waals surface area contributed by atoms with Crippen molar-refractivity contribution in [2.75, 3.05) is 7.05 Å². The van der Waals surface area contributed by atoms with Gasteiger partial charge in [0.05, 0.1) is 5.02 Å². The maximum Gasteiger partial charge on any atom is 0.141 e. The molecule has 0 heterocycles. The molecule has 0 amide bonds. The standard InChI is InChI=1S/C13H19ClFN/c1-9(6-10(2)16-3)7-11-4-5-13(15)12(14)8-11/h4-5,8-10,16H,6-7H2,1-3H3. The van der Waals surface area contributed by atoms with Crippen LogP contribution in [0.15, 0.2) is 18.2 Å². The molecule has 0 aromatic heterocycles. The molecule has 1 N–H and O–H groups in total. The summed E-state index contributed by atoms with van der Waals surface area (Å²) < 4.78 is 13.0. The molecule has 3 heteroatoms. The molecule has 0 aliphatic carbocycles. The molecule has 2 unspecified atom stereocenters. The number of rotatable bonds is 5. The molecule has 0 radical (unpaired) electrons. The minimum Gasteiger partial charge on any atom is -0.317 e. The SMILES string of the molecule is CNC(C)CC(C)Cc1ccc(F)c(Cl)c1. The van der Waals surface area contributed by atoms with Gasteiger partial charge >= 0.3 is 0 Å². The predicted octanol–water partition coefficient (Wildman–Crippen LogP) is 3.66. The lowest BCUT2D eigenvalue weighted by Gasteiger charge is -2.16. The average molecular weight is 244 g/mol. The van der Waals surface area contributed by atoms with Gasteiger partial charge in [-0.25, -0.2) is 4.39 Å². The van der Waals surface area contributed by atoms with Gasteiger partial charge in [0, 0.05) is 6.04 Å².